The second kappa shape index (κ2) is 11.9. The number of rotatable bonds is 8. The Morgan fingerprint density at radius 1 is 1.06 bits per heavy atom. The van der Waals surface area contributed by atoms with Gasteiger partial charge in [0.25, 0.3) is 5.91 Å². The first kappa shape index (κ1) is 23.3. The molecule has 2 aliphatic rings. The quantitative estimate of drug-likeness (QED) is 0.284. The molecule has 0 unspecified atom stereocenters. The molecule has 4 N–H and O–H groups in total. The molecule has 1 saturated carbocycles. The summed E-state index contributed by atoms with van der Waals surface area (Å²) in [5.41, 5.74) is 0.667. The van der Waals surface area contributed by atoms with Crippen LogP contribution in [-0.2, 0) is 4.74 Å². The van der Waals surface area contributed by atoms with Gasteiger partial charge in [-0.05, 0) is 44.0 Å². The zero-order valence-electron chi connectivity index (χ0n) is 18.7. The zero-order chi connectivity index (χ0) is 21.9. The molecule has 1 amide bonds. The van der Waals surface area contributed by atoms with Crippen LogP contribution in [0.3, 0.4) is 0 Å². The van der Waals surface area contributed by atoms with Gasteiger partial charge in [-0.3, -0.25) is 14.7 Å². The van der Waals surface area contributed by atoms with Gasteiger partial charge in [0.1, 0.15) is 5.75 Å². The van der Waals surface area contributed by atoms with Crippen molar-refractivity contribution in [2.45, 2.75) is 44.6 Å². The first-order valence-corrected chi connectivity index (χ1v) is 11.6. The van der Waals surface area contributed by atoms with Crippen molar-refractivity contribution < 1.29 is 14.6 Å². The molecule has 1 heterocycles. The number of hydrogen-bond acceptors (Lipinski definition) is 5. The molecule has 172 valence electrons. The van der Waals surface area contributed by atoms with Gasteiger partial charge in [-0.25, -0.2) is 0 Å². The van der Waals surface area contributed by atoms with E-state index in [0.717, 1.165) is 45.4 Å². The number of benzene rings is 1. The third-order valence-electron chi connectivity index (χ3n) is 6.17. The van der Waals surface area contributed by atoms with Gasteiger partial charge >= 0.3 is 0 Å². The summed E-state index contributed by atoms with van der Waals surface area (Å²) in [4.78, 5) is 19.7. The van der Waals surface area contributed by atoms with Crippen molar-refractivity contribution in [1.29, 1.82) is 0 Å². The van der Waals surface area contributed by atoms with E-state index in [2.05, 4.69) is 27.8 Å². The third-order valence-corrected chi connectivity index (χ3v) is 6.17. The number of carbonyl (C=O) groups is 1. The van der Waals surface area contributed by atoms with E-state index >= 15 is 0 Å². The van der Waals surface area contributed by atoms with Crippen LogP contribution in [0.1, 0.15) is 49.4 Å². The largest absolute Gasteiger partial charge is 0.508 e. The summed E-state index contributed by atoms with van der Waals surface area (Å²) in [6, 6.07) is 6.25. The summed E-state index contributed by atoms with van der Waals surface area (Å²) in [5, 5.41) is 18.9. The number of ether oxygens (including phenoxy) is 1. The van der Waals surface area contributed by atoms with E-state index in [1.807, 2.05) is 0 Å². The van der Waals surface area contributed by atoms with Gasteiger partial charge in [0.05, 0.1) is 19.8 Å². The van der Waals surface area contributed by atoms with E-state index in [-0.39, 0.29) is 17.2 Å². The van der Waals surface area contributed by atoms with Crippen LogP contribution >= 0.6 is 0 Å². The Balaban J connectivity index is 1.52. The second-order valence-electron chi connectivity index (χ2n) is 8.31. The molecule has 1 aromatic carbocycles. The van der Waals surface area contributed by atoms with Crippen molar-refractivity contribution in [3.05, 3.63) is 29.8 Å². The van der Waals surface area contributed by atoms with Crippen LogP contribution in [0.25, 0.3) is 0 Å². The Morgan fingerprint density at radius 2 is 1.74 bits per heavy atom. The first-order chi connectivity index (χ1) is 15.1. The molecule has 1 saturated heterocycles. The minimum absolute atomic E-state index is 0.136. The number of phenols is 1. The Morgan fingerprint density at radius 3 is 2.42 bits per heavy atom. The summed E-state index contributed by atoms with van der Waals surface area (Å²) in [5.74, 6) is 0.786. The summed E-state index contributed by atoms with van der Waals surface area (Å²) in [7, 11) is 0. The Bertz CT molecular complexity index is 710. The van der Waals surface area contributed by atoms with E-state index < -0.39 is 0 Å². The van der Waals surface area contributed by atoms with Crippen molar-refractivity contribution in [2.75, 3.05) is 52.5 Å². The number of nitrogens with zero attached hydrogens (tertiary/aromatic N) is 2. The Hall–Kier alpha value is -2.32. The van der Waals surface area contributed by atoms with E-state index in [0.29, 0.717) is 18.7 Å². The molecule has 1 aliphatic heterocycles. The van der Waals surface area contributed by atoms with Crippen molar-refractivity contribution in [2.24, 2.45) is 4.99 Å². The van der Waals surface area contributed by atoms with Gasteiger partial charge < -0.3 is 25.8 Å². The van der Waals surface area contributed by atoms with Crippen LogP contribution in [-0.4, -0.2) is 79.9 Å². The van der Waals surface area contributed by atoms with E-state index in [4.69, 9.17) is 9.73 Å². The molecule has 0 spiro atoms. The maximum atomic E-state index is 12.2. The molecular formula is C23H37N5O3. The Labute approximate surface area is 185 Å². The number of aliphatic imine (C=N–C) groups is 1. The van der Waals surface area contributed by atoms with Crippen LogP contribution in [0.4, 0.5) is 0 Å². The zero-order valence-corrected chi connectivity index (χ0v) is 18.7. The van der Waals surface area contributed by atoms with Crippen LogP contribution in [0.5, 0.6) is 5.75 Å². The molecular weight excluding hydrogens is 394 g/mol. The molecule has 0 bridgehead atoms. The molecule has 0 aromatic heterocycles. The van der Waals surface area contributed by atoms with Gasteiger partial charge in [0.15, 0.2) is 5.96 Å². The summed E-state index contributed by atoms with van der Waals surface area (Å²) in [6.45, 7) is 8.29. The highest BCUT2D eigenvalue weighted by Crippen LogP contribution is 2.34. The van der Waals surface area contributed by atoms with Gasteiger partial charge in [0.2, 0.25) is 0 Å². The number of aromatic hydroxyl groups is 1. The molecule has 0 atom stereocenters. The first-order valence-electron chi connectivity index (χ1n) is 11.6. The van der Waals surface area contributed by atoms with E-state index in [9.17, 15) is 9.90 Å². The predicted molar refractivity (Wildman–Crippen MR) is 123 cm³/mol. The van der Waals surface area contributed by atoms with E-state index in [1.54, 1.807) is 12.1 Å². The predicted octanol–water partition coefficient (Wildman–Crippen LogP) is 1.71. The van der Waals surface area contributed by atoms with Crippen LogP contribution in [0.2, 0.25) is 0 Å². The van der Waals surface area contributed by atoms with Crippen molar-refractivity contribution in [1.82, 2.24) is 20.9 Å². The monoisotopic (exact) mass is 431 g/mol. The normalized spacial score (nSPS) is 19.6. The standard InChI is InChI=1S/C23H37N5O3/c1-2-24-22(26-13-12-25-21(30)19-6-8-20(29)9-7-19)27-18-23(10-4-3-5-11-23)28-14-16-31-17-15-28/h6-9,29H,2-5,10-18H2,1H3,(H,25,30)(H2,24,26,27). The average Bonchev–Trinajstić information content (AvgIpc) is 2.81. The molecule has 1 aromatic rings. The van der Waals surface area contributed by atoms with Crippen molar-refractivity contribution in [3.63, 3.8) is 0 Å². The van der Waals surface area contributed by atoms with Crippen molar-refractivity contribution >= 4 is 11.9 Å². The number of morpholine rings is 1. The van der Waals surface area contributed by atoms with Gasteiger partial charge in [0, 0.05) is 43.8 Å². The van der Waals surface area contributed by atoms with Crippen LogP contribution < -0.4 is 16.0 Å². The van der Waals surface area contributed by atoms with Crippen molar-refractivity contribution in [3.8, 4) is 5.75 Å². The lowest BCUT2D eigenvalue weighted by Gasteiger charge is -2.47. The fourth-order valence-electron chi connectivity index (χ4n) is 4.46. The molecule has 31 heavy (non-hydrogen) atoms. The van der Waals surface area contributed by atoms with Gasteiger partial charge in [-0.15, -0.1) is 0 Å². The summed E-state index contributed by atoms with van der Waals surface area (Å²) in [6.07, 6.45) is 6.23. The van der Waals surface area contributed by atoms with E-state index in [1.165, 1.54) is 44.2 Å². The molecule has 2 fully saturated rings. The molecule has 1 aliphatic carbocycles. The number of carbonyl (C=O) groups excluding carboxylic acids is 1. The fraction of sp³-hybridized carbons (Fsp3) is 0.652. The number of guanidine groups is 1. The maximum absolute atomic E-state index is 12.2. The lowest BCUT2D eigenvalue weighted by molar-refractivity contribution is -0.0333. The molecule has 3 rings (SSSR count). The summed E-state index contributed by atoms with van der Waals surface area (Å²) < 4.78 is 5.57. The lowest BCUT2D eigenvalue weighted by Crippen LogP contribution is -2.56. The summed E-state index contributed by atoms with van der Waals surface area (Å²) >= 11 is 0. The van der Waals surface area contributed by atoms with Gasteiger partial charge in [-0.1, -0.05) is 19.3 Å². The molecule has 8 heteroatoms. The molecule has 0 radical (unpaired) electrons. The highest BCUT2D eigenvalue weighted by molar-refractivity contribution is 5.94. The minimum atomic E-state index is -0.155. The van der Waals surface area contributed by atoms with Crippen LogP contribution in [0.15, 0.2) is 29.3 Å². The highest BCUT2D eigenvalue weighted by atomic mass is 16.5. The molecule has 8 nitrogen and oxygen atoms in total. The van der Waals surface area contributed by atoms with Gasteiger partial charge in [-0.2, -0.15) is 0 Å². The number of hydrogen-bond donors (Lipinski definition) is 4. The topological polar surface area (TPSA) is 98.2 Å². The maximum Gasteiger partial charge on any atom is 0.251 e. The smallest absolute Gasteiger partial charge is 0.251 e. The number of phenolic OH excluding ortho intramolecular Hbond substituents is 1. The minimum Gasteiger partial charge on any atom is -0.508 e. The van der Waals surface area contributed by atoms with Crippen LogP contribution in [0, 0.1) is 0 Å². The fourth-order valence-corrected chi connectivity index (χ4v) is 4.46. The Kier molecular flexibility index (Phi) is 8.97. The third kappa shape index (κ3) is 6.83. The SMILES string of the molecule is CCNC(=NCC1(N2CCOCC2)CCCCC1)NCCNC(=O)c1ccc(O)cc1. The highest BCUT2D eigenvalue weighted by Gasteiger charge is 2.38. The number of amides is 1. The second-order valence-corrected chi connectivity index (χ2v) is 8.31. The average molecular weight is 432 g/mol. The lowest BCUT2D eigenvalue weighted by atomic mass is 9.80. The number of nitrogens with one attached hydrogen (secondary N) is 3.